The summed E-state index contributed by atoms with van der Waals surface area (Å²) in [5.74, 6) is -0.0559. The van der Waals surface area contributed by atoms with Crippen LogP contribution in [0.2, 0.25) is 0 Å². The third kappa shape index (κ3) is 4.31. The molecule has 3 rings (SSSR count). The largest absolute Gasteiger partial charge is 0.308 e. The van der Waals surface area contributed by atoms with Gasteiger partial charge < -0.3 is 4.90 Å². The molecule has 2 aromatic heterocycles. The second-order valence-electron chi connectivity index (χ2n) is 6.64. The SMILES string of the molecule is CCn1nccc1C(=O)N(CCN(C)C)c1nc2c(C)c(C)ccc2s1.Cl. The first-order valence-electron chi connectivity index (χ1n) is 8.77. The van der Waals surface area contributed by atoms with Crippen molar-refractivity contribution in [3.05, 3.63) is 41.2 Å². The van der Waals surface area contributed by atoms with E-state index in [0.717, 1.165) is 21.9 Å². The summed E-state index contributed by atoms with van der Waals surface area (Å²) in [4.78, 5) is 21.9. The zero-order valence-electron chi connectivity index (χ0n) is 16.4. The molecule has 0 saturated heterocycles. The molecule has 27 heavy (non-hydrogen) atoms. The van der Waals surface area contributed by atoms with Gasteiger partial charge in [-0.1, -0.05) is 17.4 Å². The minimum absolute atomic E-state index is 0. The predicted molar refractivity (Wildman–Crippen MR) is 114 cm³/mol. The number of anilines is 1. The van der Waals surface area contributed by atoms with Gasteiger partial charge in [-0.2, -0.15) is 5.10 Å². The molecule has 0 atom stereocenters. The maximum atomic E-state index is 13.2. The minimum Gasteiger partial charge on any atom is -0.308 e. The van der Waals surface area contributed by atoms with Crippen LogP contribution in [0.4, 0.5) is 5.13 Å². The van der Waals surface area contributed by atoms with Crippen LogP contribution in [-0.4, -0.2) is 52.8 Å². The van der Waals surface area contributed by atoms with E-state index in [1.807, 2.05) is 21.0 Å². The molecular weight excluding hydrogens is 382 g/mol. The molecule has 0 aliphatic heterocycles. The van der Waals surface area contributed by atoms with Gasteiger partial charge >= 0.3 is 0 Å². The van der Waals surface area contributed by atoms with Gasteiger partial charge in [0.2, 0.25) is 0 Å². The summed E-state index contributed by atoms with van der Waals surface area (Å²) in [6, 6.07) is 5.97. The second-order valence-corrected chi connectivity index (χ2v) is 7.65. The Balaban J connectivity index is 0.00000261. The number of amides is 1. The van der Waals surface area contributed by atoms with E-state index in [-0.39, 0.29) is 18.3 Å². The quantitative estimate of drug-likeness (QED) is 0.624. The van der Waals surface area contributed by atoms with E-state index in [1.54, 1.807) is 33.2 Å². The van der Waals surface area contributed by atoms with Gasteiger partial charge in [0, 0.05) is 25.8 Å². The highest BCUT2D eigenvalue weighted by Gasteiger charge is 2.24. The molecule has 6 nitrogen and oxygen atoms in total. The lowest BCUT2D eigenvalue weighted by Gasteiger charge is -2.22. The van der Waals surface area contributed by atoms with E-state index in [4.69, 9.17) is 4.98 Å². The van der Waals surface area contributed by atoms with E-state index in [1.165, 1.54) is 11.1 Å². The summed E-state index contributed by atoms with van der Waals surface area (Å²) >= 11 is 1.56. The van der Waals surface area contributed by atoms with Crippen LogP contribution in [0.5, 0.6) is 0 Å². The van der Waals surface area contributed by atoms with Crippen molar-refractivity contribution >= 4 is 45.0 Å². The Bertz CT molecular complexity index is 933. The summed E-state index contributed by atoms with van der Waals surface area (Å²) in [5, 5.41) is 4.98. The first kappa shape index (κ1) is 21.3. The number of carbonyl (C=O) groups excluding carboxylic acids is 1. The summed E-state index contributed by atoms with van der Waals surface area (Å²) in [5.41, 5.74) is 3.96. The number of benzene rings is 1. The Kier molecular flexibility index (Phi) is 6.97. The molecule has 1 amide bonds. The third-order valence-electron chi connectivity index (χ3n) is 4.56. The van der Waals surface area contributed by atoms with Gasteiger partial charge in [-0.25, -0.2) is 4.98 Å². The van der Waals surface area contributed by atoms with Crippen molar-refractivity contribution in [1.82, 2.24) is 19.7 Å². The number of likely N-dealkylation sites (N-methyl/N-ethyl adjacent to an activating group) is 1. The molecule has 146 valence electrons. The third-order valence-corrected chi connectivity index (χ3v) is 5.60. The highest BCUT2D eigenvalue weighted by atomic mass is 35.5. The predicted octanol–water partition coefficient (Wildman–Crippen LogP) is 3.76. The van der Waals surface area contributed by atoms with Crippen LogP contribution in [0, 0.1) is 13.8 Å². The van der Waals surface area contributed by atoms with Crippen LogP contribution >= 0.6 is 23.7 Å². The zero-order chi connectivity index (χ0) is 18.8. The highest BCUT2D eigenvalue weighted by molar-refractivity contribution is 7.22. The molecule has 0 bridgehead atoms. The number of hydrogen-bond donors (Lipinski definition) is 0. The fourth-order valence-corrected chi connectivity index (χ4v) is 3.87. The van der Waals surface area contributed by atoms with Crippen LogP contribution in [0.25, 0.3) is 10.2 Å². The molecule has 0 N–H and O–H groups in total. The Morgan fingerprint density at radius 3 is 2.59 bits per heavy atom. The number of aryl methyl sites for hydroxylation is 3. The Labute approximate surface area is 170 Å². The van der Waals surface area contributed by atoms with Crippen molar-refractivity contribution in [3.63, 3.8) is 0 Å². The van der Waals surface area contributed by atoms with Gasteiger partial charge in [-0.3, -0.25) is 14.4 Å². The van der Waals surface area contributed by atoms with Crippen LogP contribution in [0.3, 0.4) is 0 Å². The fourth-order valence-electron chi connectivity index (χ4n) is 2.82. The molecule has 1 aromatic carbocycles. The molecule has 0 radical (unpaired) electrons. The first-order chi connectivity index (χ1) is 12.4. The lowest BCUT2D eigenvalue weighted by Crippen LogP contribution is -2.37. The Morgan fingerprint density at radius 2 is 1.93 bits per heavy atom. The molecule has 3 aromatic rings. The van der Waals surface area contributed by atoms with E-state index < -0.39 is 0 Å². The molecule has 0 unspecified atom stereocenters. The van der Waals surface area contributed by atoms with E-state index in [9.17, 15) is 4.79 Å². The van der Waals surface area contributed by atoms with E-state index >= 15 is 0 Å². The number of fused-ring (bicyclic) bond motifs is 1. The monoisotopic (exact) mass is 407 g/mol. The second kappa shape index (κ2) is 8.82. The van der Waals surface area contributed by atoms with Crippen molar-refractivity contribution in [2.45, 2.75) is 27.3 Å². The average molecular weight is 408 g/mol. The van der Waals surface area contributed by atoms with Crippen molar-refractivity contribution in [3.8, 4) is 0 Å². The molecule has 8 heteroatoms. The number of hydrogen-bond acceptors (Lipinski definition) is 5. The molecule has 0 saturated carbocycles. The molecule has 0 aliphatic rings. The maximum Gasteiger partial charge on any atom is 0.278 e. The number of rotatable bonds is 6. The first-order valence-corrected chi connectivity index (χ1v) is 9.59. The number of aromatic nitrogens is 3. The van der Waals surface area contributed by atoms with Crippen LogP contribution in [-0.2, 0) is 6.54 Å². The lowest BCUT2D eigenvalue weighted by molar-refractivity contribution is 0.0975. The Morgan fingerprint density at radius 1 is 1.19 bits per heavy atom. The summed E-state index contributed by atoms with van der Waals surface area (Å²) < 4.78 is 2.84. The number of halogens is 1. The summed E-state index contributed by atoms with van der Waals surface area (Å²) in [6.07, 6.45) is 1.67. The lowest BCUT2D eigenvalue weighted by atomic mass is 10.1. The van der Waals surface area contributed by atoms with Gasteiger partial charge in [0.15, 0.2) is 5.13 Å². The molecule has 0 fully saturated rings. The van der Waals surface area contributed by atoms with Crippen LogP contribution < -0.4 is 4.90 Å². The average Bonchev–Trinajstić information content (AvgIpc) is 3.25. The molecule has 0 spiro atoms. The molecule has 2 heterocycles. The zero-order valence-corrected chi connectivity index (χ0v) is 18.0. The van der Waals surface area contributed by atoms with Crippen molar-refractivity contribution in [2.75, 3.05) is 32.1 Å². The van der Waals surface area contributed by atoms with Crippen molar-refractivity contribution in [2.24, 2.45) is 0 Å². The number of thiazole rings is 1. The van der Waals surface area contributed by atoms with Crippen LogP contribution in [0.1, 0.15) is 28.5 Å². The van der Waals surface area contributed by atoms with Crippen molar-refractivity contribution < 1.29 is 4.79 Å². The van der Waals surface area contributed by atoms with Gasteiger partial charge in [0.1, 0.15) is 5.69 Å². The normalized spacial score (nSPS) is 11.0. The summed E-state index contributed by atoms with van der Waals surface area (Å²) in [6.45, 7) is 8.16. The number of nitrogens with zero attached hydrogens (tertiary/aromatic N) is 5. The summed E-state index contributed by atoms with van der Waals surface area (Å²) in [7, 11) is 4.01. The fraction of sp³-hybridized carbons (Fsp3) is 0.421. The van der Waals surface area contributed by atoms with Gasteiger partial charge in [0.25, 0.3) is 5.91 Å². The van der Waals surface area contributed by atoms with Gasteiger partial charge in [-0.05, 0) is 58.1 Å². The standard InChI is InChI=1S/C19H25N5OS.ClH/c1-6-24-15(9-10-20-24)18(25)23(12-11-22(4)5)19-21-17-14(3)13(2)7-8-16(17)26-19;/h7-10H,6,11-12H2,1-5H3;1H. The van der Waals surface area contributed by atoms with E-state index in [0.29, 0.717) is 18.8 Å². The highest BCUT2D eigenvalue weighted by Crippen LogP contribution is 2.32. The minimum atomic E-state index is -0.0559. The topological polar surface area (TPSA) is 54.3 Å². The van der Waals surface area contributed by atoms with E-state index in [2.05, 4.69) is 36.0 Å². The van der Waals surface area contributed by atoms with Crippen molar-refractivity contribution in [1.29, 1.82) is 0 Å². The van der Waals surface area contributed by atoms with Crippen LogP contribution in [0.15, 0.2) is 24.4 Å². The van der Waals surface area contributed by atoms with Gasteiger partial charge in [0.05, 0.1) is 10.2 Å². The Hall–Kier alpha value is -1.96. The van der Waals surface area contributed by atoms with Gasteiger partial charge in [-0.15, -0.1) is 12.4 Å². The molecule has 0 aliphatic carbocycles. The molecular formula is C19H26ClN5OS. The smallest absolute Gasteiger partial charge is 0.278 e. The number of carbonyl (C=O) groups is 1. The maximum absolute atomic E-state index is 13.2.